The summed E-state index contributed by atoms with van der Waals surface area (Å²) in [6.45, 7) is 10.5. The summed E-state index contributed by atoms with van der Waals surface area (Å²) in [5.41, 5.74) is 8.43. The van der Waals surface area contributed by atoms with Crippen LogP contribution in [-0.2, 0) is 18.4 Å². The van der Waals surface area contributed by atoms with Crippen molar-refractivity contribution in [1.82, 2.24) is 9.78 Å². The Labute approximate surface area is 92.7 Å². The van der Waals surface area contributed by atoms with Gasteiger partial charge in [0.15, 0.2) is 0 Å². The maximum Gasteiger partial charge on any atom is 0.0524 e. The fourth-order valence-corrected chi connectivity index (χ4v) is 2.01. The van der Waals surface area contributed by atoms with E-state index in [-0.39, 0.29) is 5.41 Å². The van der Waals surface area contributed by atoms with Crippen LogP contribution < -0.4 is 5.73 Å². The molecule has 0 spiro atoms. The number of hydrogen-bond acceptors (Lipinski definition) is 2. The van der Waals surface area contributed by atoms with E-state index in [1.54, 1.807) is 0 Å². The molecular formula is C12H23N3. The van der Waals surface area contributed by atoms with Crippen LogP contribution in [0.2, 0.25) is 0 Å². The number of nitrogens with zero attached hydrogens (tertiary/aromatic N) is 2. The fourth-order valence-electron chi connectivity index (χ4n) is 2.01. The normalized spacial score (nSPS) is 12.1. The van der Waals surface area contributed by atoms with Crippen molar-refractivity contribution in [2.24, 2.45) is 5.73 Å². The first-order chi connectivity index (χ1) is 7.00. The second-order valence-electron chi connectivity index (χ2n) is 4.98. The SMILES string of the molecule is CCn1ncc(CCCN)c1C(C)(C)C. The van der Waals surface area contributed by atoms with E-state index in [0.29, 0.717) is 0 Å². The minimum Gasteiger partial charge on any atom is -0.330 e. The predicted octanol–water partition coefficient (Wildman–Crippen LogP) is 2.09. The van der Waals surface area contributed by atoms with Gasteiger partial charge in [0, 0.05) is 17.7 Å². The minimum absolute atomic E-state index is 0.163. The third-order valence-corrected chi connectivity index (χ3v) is 2.58. The van der Waals surface area contributed by atoms with Crippen molar-refractivity contribution < 1.29 is 0 Å². The number of nitrogens with two attached hydrogens (primary N) is 1. The van der Waals surface area contributed by atoms with Gasteiger partial charge < -0.3 is 5.73 Å². The summed E-state index contributed by atoms with van der Waals surface area (Å²) in [5.74, 6) is 0. The molecule has 0 saturated carbocycles. The Bertz CT molecular complexity index is 307. The zero-order chi connectivity index (χ0) is 11.5. The molecule has 0 saturated heterocycles. The van der Waals surface area contributed by atoms with Crippen molar-refractivity contribution in [3.8, 4) is 0 Å². The number of aromatic nitrogens is 2. The largest absolute Gasteiger partial charge is 0.330 e. The Morgan fingerprint density at radius 2 is 2.07 bits per heavy atom. The third-order valence-electron chi connectivity index (χ3n) is 2.58. The van der Waals surface area contributed by atoms with E-state index in [9.17, 15) is 0 Å². The summed E-state index contributed by atoms with van der Waals surface area (Å²) in [7, 11) is 0. The summed E-state index contributed by atoms with van der Waals surface area (Å²) in [5, 5.41) is 4.43. The standard InChI is InChI=1S/C12H23N3/c1-5-15-11(12(2,3)4)10(9-14-15)7-6-8-13/h9H,5-8,13H2,1-4H3. The lowest BCUT2D eigenvalue weighted by atomic mass is 9.88. The van der Waals surface area contributed by atoms with Gasteiger partial charge in [-0.3, -0.25) is 4.68 Å². The maximum atomic E-state index is 5.55. The predicted molar refractivity (Wildman–Crippen MR) is 64.0 cm³/mol. The van der Waals surface area contributed by atoms with E-state index in [2.05, 4.69) is 37.5 Å². The molecule has 1 rings (SSSR count). The molecule has 0 radical (unpaired) electrons. The average molecular weight is 209 g/mol. The quantitative estimate of drug-likeness (QED) is 0.825. The van der Waals surface area contributed by atoms with Crippen molar-refractivity contribution in [3.05, 3.63) is 17.5 Å². The second kappa shape index (κ2) is 4.79. The van der Waals surface area contributed by atoms with Gasteiger partial charge in [-0.05, 0) is 31.9 Å². The monoisotopic (exact) mass is 209 g/mol. The molecule has 0 aliphatic carbocycles. The van der Waals surface area contributed by atoms with Crippen molar-refractivity contribution in [1.29, 1.82) is 0 Å². The number of hydrogen-bond donors (Lipinski definition) is 1. The van der Waals surface area contributed by atoms with E-state index < -0.39 is 0 Å². The Morgan fingerprint density at radius 3 is 2.53 bits per heavy atom. The van der Waals surface area contributed by atoms with Gasteiger partial charge in [0.1, 0.15) is 0 Å². The molecule has 1 aromatic heterocycles. The first kappa shape index (κ1) is 12.2. The maximum absolute atomic E-state index is 5.55. The van der Waals surface area contributed by atoms with Crippen LogP contribution in [0.15, 0.2) is 6.20 Å². The Morgan fingerprint density at radius 1 is 1.40 bits per heavy atom. The highest BCUT2D eigenvalue weighted by Gasteiger charge is 2.22. The topological polar surface area (TPSA) is 43.8 Å². The molecule has 86 valence electrons. The summed E-state index contributed by atoms with van der Waals surface area (Å²) in [6.07, 6.45) is 4.08. The third kappa shape index (κ3) is 2.81. The van der Waals surface area contributed by atoms with Crippen LogP contribution >= 0.6 is 0 Å². The molecule has 2 N–H and O–H groups in total. The molecule has 3 nitrogen and oxygen atoms in total. The van der Waals surface area contributed by atoms with Gasteiger partial charge in [-0.25, -0.2) is 0 Å². The van der Waals surface area contributed by atoms with E-state index >= 15 is 0 Å². The van der Waals surface area contributed by atoms with Gasteiger partial charge in [-0.15, -0.1) is 0 Å². The van der Waals surface area contributed by atoms with Gasteiger partial charge in [0.05, 0.1) is 6.20 Å². The van der Waals surface area contributed by atoms with Gasteiger partial charge in [-0.1, -0.05) is 20.8 Å². The van der Waals surface area contributed by atoms with Crippen LogP contribution in [0.3, 0.4) is 0 Å². The zero-order valence-corrected chi connectivity index (χ0v) is 10.4. The minimum atomic E-state index is 0.163. The summed E-state index contributed by atoms with van der Waals surface area (Å²) >= 11 is 0. The Balaban J connectivity index is 3.01. The van der Waals surface area contributed by atoms with Crippen LogP contribution in [0.5, 0.6) is 0 Å². The first-order valence-electron chi connectivity index (χ1n) is 5.76. The van der Waals surface area contributed by atoms with Crippen LogP contribution in [0.25, 0.3) is 0 Å². The van der Waals surface area contributed by atoms with Gasteiger partial charge in [0.25, 0.3) is 0 Å². The molecule has 15 heavy (non-hydrogen) atoms. The van der Waals surface area contributed by atoms with Crippen molar-refractivity contribution in [3.63, 3.8) is 0 Å². The van der Waals surface area contributed by atoms with Crippen LogP contribution in [0.4, 0.5) is 0 Å². The zero-order valence-electron chi connectivity index (χ0n) is 10.4. The molecule has 0 fully saturated rings. The molecular weight excluding hydrogens is 186 g/mol. The summed E-state index contributed by atoms with van der Waals surface area (Å²) < 4.78 is 2.10. The number of rotatable bonds is 4. The van der Waals surface area contributed by atoms with E-state index in [4.69, 9.17) is 5.73 Å². The highest BCUT2D eigenvalue weighted by atomic mass is 15.3. The van der Waals surface area contributed by atoms with Gasteiger partial charge in [-0.2, -0.15) is 5.10 Å². The lowest BCUT2D eigenvalue weighted by Gasteiger charge is -2.22. The van der Waals surface area contributed by atoms with Crippen LogP contribution in [-0.4, -0.2) is 16.3 Å². The molecule has 1 aromatic rings. The lowest BCUT2D eigenvalue weighted by Crippen LogP contribution is -2.20. The van der Waals surface area contributed by atoms with E-state index in [1.807, 2.05) is 6.20 Å². The van der Waals surface area contributed by atoms with Crippen LogP contribution in [0.1, 0.15) is 45.4 Å². The molecule has 0 unspecified atom stereocenters. The molecule has 1 heterocycles. The molecule has 0 aromatic carbocycles. The fraction of sp³-hybridized carbons (Fsp3) is 0.750. The molecule has 0 amide bonds. The highest BCUT2D eigenvalue weighted by molar-refractivity contribution is 5.25. The molecule has 0 atom stereocenters. The van der Waals surface area contributed by atoms with E-state index in [1.165, 1.54) is 11.3 Å². The molecule has 0 aliphatic rings. The highest BCUT2D eigenvalue weighted by Crippen LogP contribution is 2.26. The smallest absolute Gasteiger partial charge is 0.0524 e. The summed E-state index contributed by atoms with van der Waals surface area (Å²) in [6, 6.07) is 0. The summed E-state index contributed by atoms with van der Waals surface area (Å²) in [4.78, 5) is 0. The van der Waals surface area contributed by atoms with Crippen molar-refractivity contribution >= 4 is 0 Å². The first-order valence-corrected chi connectivity index (χ1v) is 5.76. The lowest BCUT2D eigenvalue weighted by molar-refractivity contribution is 0.492. The van der Waals surface area contributed by atoms with Crippen LogP contribution in [0, 0.1) is 0 Å². The Hall–Kier alpha value is -0.830. The number of aryl methyl sites for hydroxylation is 2. The average Bonchev–Trinajstić information content (AvgIpc) is 2.56. The van der Waals surface area contributed by atoms with Crippen molar-refractivity contribution in [2.75, 3.05) is 6.54 Å². The molecule has 0 bridgehead atoms. The molecule has 3 heteroatoms. The van der Waals surface area contributed by atoms with Crippen molar-refractivity contribution in [2.45, 2.75) is 52.5 Å². The van der Waals surface area contributed by atoms with Gasteiger partial charge in [0.2, 0.25) is 0 Å². The van der Waals surface area contributed by atoms with E-state index in [0.717, 1.165) is 25.9 Å². The Kier molecular flexibility index (Phi) is 3.91. The van der Waals surface area contributed by atoms with Gasteiger partial charge >= 0.3 is 0 Å². The molecule has 0 aliphatic heterocycles. The second-order valence-corrected chi connectivity index (χ2v) is 4.98.